The predicted molar refractivity (Wildman–Crippen MR) is 80.9 cm³/mol. The van der Waals surface area contributed by atoms with Gasteiger partial charge < -0.3 is 5.32 Å². The maximum absolute atomic E-state index is 12.2. The number of nitrogens with one attached hydrogen (secondary N) is 1. The summed E-state index contributed by atoms with van der Waals surface area (Å²) in [5.74, 6) is -0.147. The fraction of sp³-hybridized carbons (Fsp3) is 0.333. The van der Waals surface area contributed by atoms with Crippen LogP contribution in [0.4, 0.5) is 0 Å². The fourth-order valence-electron chi connectivity index (χ4n) is 1.88. The second-order valence-electron chi connectivity index (χ2n) is 5.72. The van der Waals surface area contributed by atoms with Crippen LogP contribution in [0.15, 0.2) is 30.3 Å². The van der Waals surface area contributed by atoms with Gasteiger partial charge in [-0.25, -0.2) is 0 Å². The number of aryl methyl sites for hydroxylation is 1. The van der Waals surface area contributed by atoms with Crippen molar-refractivity contribution in [2.24, 2.45) is 7.05 Å². The number of amides is 1. The van der Waals surface area contributed by atoms with Gasteiger partial charge in [-0.3, -0.25) is 9.48 Å². The van der Waals surface area contributed by atoms with Crippen LogP contribution in [0, 0.1) is 0 Å². The van der Waals surface area contributed by atoms with Gasteiger partial charge in [-0.15, -0.1) is 0 Å². The third kappa shape index (κ3) is 3.20. The molecule has 0 spiro atoms. The van der Waals surface area contributed by atoms with Gasteiger partial charge in [0.15, 0.2) is 0 Å². The zero-order valence-electron chi connectivity index (χ0n) is 12.1. The first kappa shape index (κ1) is 14.6. The number of carbonyl (C=O) groups excluding carboxylic acids is 1. The molecular weight excluding hydrogens is 274 g/mol. The van der Waals surface area contributed by atoms with Crippen LogP contribution in [-0.4, -0.2) is 21.2 Å². The molecule has 0 unspecified atom stereocenters. The molecule has 0 saturated carbocycles. The van der Waals surface area contributed by atoms with Crippen LogP contribution in [-0.2, 0) is 7.05 Å². The summed E-state index contributed by atoms with van der Waals surface area (Å²) in [6, 6.07) is 9.20. The molecule has 1 heterocycles. The van der Waals surface area contributed by atoms with Gasteiger partial charge in [0.2, 0.25) is 0 Å². The van der Waals surface area contributed by atoms with E-state index in [1.54, 1.807) is 23.9 Å². The average Bonchev–Trinajstić information content (AvgIpc) is 2.69. The van der Waals surface area contributed by atoms with E-state index in [1.807, 2.05) is 39.0 Å². The molecule has 2 rings (SSSR count). The third-order valence-corrected chi connectivity index (χ3v) is 3.08. The van der Waals surface area contributed by atoms with Crippen LogP contribution in [0.25, 0.3) is 11.3 Å². The molecular formula is C15H18ClN3O. The van der Waals surface area contributed by atoms with Crippen LogP contribution in [0.3, 0.4) is 0 Å². The number of rotatable bonds is 2. The highest BCUT2D eigenvalue weighted by molar-refractivity contribution is 6.33. The highest BCUT2D eigenvalue weighted by atomic mass is 35.5. The van der Waals surface area contributed by atoms with Crippen molar-refractivity contribution in [3.05, 3.63) is 41.0 Å². The third-order valence-electron chi connectivity index (χ3n) is 2.75. The predicted octanol–water partition coefficient (Wildman–Crippen LogP) is 3.27. The Bertz CT molecular complexity index is 641. The number of hydrogen-bond acceptors (Lipinski definition) is 2. The van der Waals surface area contributed by atoms with Crippen molar-refractivity contribution in [1.29, 1.82) is 0 Å². The molecule has 1 aromatic heterocycles. The minimum Gasteiger partial charge on any atom is -0.346 e. The Hall–Kier alpha value is -1.81. The largest absolute Gasteiger partial charge is 0.346 e. The number of carbonyl (C=O) groups is 1. The highest BCUT2D eigenvalue weighted by Crippen LogP contribution is 2.26. The minimum absolute atomic E-state index is 0.147. The van der Waals surface area contributed by atoms with E-state index in [1.165, 1.54) is 0 Å². The summed E-state index contributed by atoms with van der Waals surface area (Å²) < 4.78 is 1.57. The zero-order valence-corrected chi connectivity index (χ0v) is 12.8. The Morgan fingerprint density at radius 3 is 2.55 bits per heavy atom. The standard InChI is InChI=1S/C15H18ClN3O/c1-15(2,3)17-14(20)13-9-12(18-19(13)4)10-7-5-6-8-11(10)16/h5-9H,1-4H3,(H,17,20). The first-order valence-corrected chi connectivity index (χ1v) is 6.77. The topological polar surface area (TPSA) is 46.9 Å². The monoisotopic (exact) mass is 291 g/mol. The normalized spacial score (nSPS) is 11.4. The van der Waals surface area contributed by atoms with Crippen LogP contribution in [0.2, 0.25) is 5.02 Å². The molecule has 1 amide bonds. The maximum atomic E-state index is 12.2. The van der Waals surface area contributed by atoms with E-state index in [-0.39, 0.29) is 11.4 Å². The lowest BCUT2D eigenvalue weighted by Gasteiger charge is -2.20. The second kappa shape index (κ2) is 5.29. The first-order chi connectivity index (χ1) is 9.28. The van der Waals surface area contributed by atoms with E-state index in [4.69, 9.17) is 11.6 Å². The lowest BCUT2D eigenvalue weighted by molar-refractivity contribution is 0.0910. The Morgan fingerprint density at radius 2 is 1.95 bits per heavy atom. The number of hydrogen-bond donors (Lipinski definition) is 1. The lowest BCUT2D eigenvalue weighted by atomic mass is 10.1. The van der Waals surface area contributed by atoms with Crippen molar-refractivity contribution in [2.75, 3.05) is 0 Å². The van der Waals surface area contributed by atoms with Gasteiger partial charge in [0.1, 0.15) is 5.69 Å². The molecule has 0 bridgehead atoms. The van der Waals surface area contributed by atoms with Crippen LogP contribution >= 0.6 is 11.6 Å². The van der Waals surface area contributed by atoms with Gasteiger partial charge in [0, 0.05) is 18.2 Å². The van der Waals surface area contributed by atoms with Gasteiger partial charge in [0.25, 0.3) is 5.91 Å². The number of benzene rings is 1. The summed E-state index contributed by atoms with van der Waals surface area (Å²) in [6.45, 7) is 5.82. The van der Waals surface area contributed by atoms with Crippen molar-refractivity contribution in [3.63, 3.8) is 0 Å². The summed E-state index contributed by atoms with van der Waals surface area (Å²) in [6.07, 6.45) is 0. The summed E-state index contributed by atoms with van der Waals surface area (Å²) in [5, 5.41) is 7.91. The molecule has 1 N–H and O–H groups in total. The molecule has 0 atom stereocenters. The Kier molecular flexibility index (Phi) is 3.86. The lowest BCUT2D eigenvalue weighted by Crippen LogP contribution is -2.41. The molecule has 106 valence electrons. The second-order valence-corrected chi connectivity index (χ2v) is 6.13. The molecule has 0 saturated heterocycles. The van der Waals surface area contributed by atoms with E-state index in [0.29, 0.717) is 16.4 Å². The molecule has 5 heteroatoms. The van der Waals surface area contributed by atoms with E-state index >= 15 is 0 Å². The zero-order chi connectivity index (χ0) is 14.9. The Labute approximate surface area is 123 Å². The molecule has 0 radical (unpaired) electrons. The number of aromatic nitrogens is 2. The van der Waals surface area contributed by atoms with E-state index < -0.39 is 0 Å². The average molecular weight is 292 g/mol. The molecule has 2 aromatic rings. The Morgan fingerprint density at radius 1 is 1.30 bits per heavy atom. The van der Waals surface area contributed by atoms with Gasteiger partial charge in [-0.1, -0.05) is 29.8 Å². The minimum atomic E-state index is -0.286. The highest BCUT2D eigenvalue weighted by Gasteiger charge is 2.20. The van der Waals surface area contributed by atoms with Gasteiger partial charge in [-0.05, 0) is 32.9 Å². The number of halogens is 1. The van der Waals surface area contributed by atoms with Gasteiger partial charge >= 0.3 is 0 Å². The number of nitrogens with zero attached hydrogens (tertiary/aromatic N) is 2. The van der Waals surface area contributed by atoms with E-state index in [2.05, 4.69) is 10.4 Å². The first-order valence-electron chi connectivity index (χ1n) is 6.39. The van der Waals surface area contributed by atoms with Crippen LogP contribution in [0.1, 0.15) is 31.3 Å². The molecule has 0 fully saturated rings. The van der Waals surface area contributed by atoms with Crippen molar-refractivity contribution in [1.82, 2.24) is 15.1 Å². The smallest absolute Gasteiger partial charge is 0.269 e. The van der Waals surface area contributed by atoms with Crippen LogP contribution < -0.4 is 5.32 Å². The molecule has 20 heavy (non-hydrogen) atoms. The summed E-state index contributed by atoms with van der Waals surface area (Å²) in [5.41, 5.74) is 1.73. The molecule has 0 aliphatic heterocycles. The molecule has 0 aliphatic rings. The summed E-state index contributed by atoms with van der Waals surface area (Å²) >= 11 is 6.16. The van der Waals surface area contributed by atoms with E-state index in [0.717, 1.165) is 5.56 Å². The summed E-state index contributed by atoms with van der Waals surface area (Å²) in [7, 11) is 1.75. The molecule has 0 aliphatic carbocycles. The van der Waals surface area contributed by atoms with Gasteiger partial charge in [-0.2, -0.15) is 5.10 Å². The maximum Gasteiger partial charge on any atom is 0.269 e. The fourth-order valence-corrected chi connectivity index (χ4v) is 2.12. The van der Waals surface area contributed by atoms with Crippen molar-refractivity contribution in [2.45, 2.75) is 26.3 Å². The Balaban J connectivity index is 2.36. The van der Waals surface area contributed by atoms with Gasteiger partial charge in [0.05, 0.1) is 10.7 Å². The summed E-state index contributed by atoms with van der Waals surface area (Å²) in [4.78, 5) is 12.2. The van der Waals surface area contributed by atoms with Crippen molar-refractivity contribution >= 4 is 17.5 Å². The SMILES string of the molecule is Cn1nc(-c2ccccc2Cl)cc1C(=O)NC(C)(C)C. The van der Waals surface area contributed by atoms with Crippen molar-refractivity contribution in [3.8, 4) is 11.3 Å². The molecule has 4 nitrogen and oxygen atoms in total. The quantitative estimate of drug-likeness (QED) is 0.923. The van der Waals surface area contributed by atoms with Crippen LogP contribution in [0.5, 0.6) is 0 Å². The van der Waals surface area contributed by atoms with Crippen molar-refractivity contribution < 1.29 is 4.79 Å². The van der Waals surface area contributed by atoms with E-state index in [9.17, 15) is 4.79 Å². The molecule has 1 aromatic carbocycles.